The molecular formula is C15H16N2O5S. The fraction of sp³-hybridized carbons (Fsp3) is 0.133. The van der Waals surface area contributed by atoms with Crippen molar-refractivity contribution in [2.24, 2.45) is 5.73 Å². The molecule has 0 aromatic heterocycles. The van der Waals surface area contributed by atoms with E-state index in [-0.39, 0.29) is 4.90 Å². The summed E-state index contributed by atoms with van der Waals surface area (Å²) in [7, 11) is -4.44. The third-order valence-corrected chi connectivity index (χ3v) is 4.69. The minimum Gasteiger partial charge on any atom is -0.394 e. The highest BCUT2D eigenvalue weighted by atomic mass is 32.2. The second-order valence-electron chi connectivity index (χ2n) is 4.77. The number of nitrogens with zero attached hydrogens (tertiary/aromatic N) is 1. The van der Waals surface area contributed by atoms with Crippen molar-refractivity contribution in [2.45, 2.75) is 10.9 Å². The second-order valence-corrected chi connectivity index (χ2v) is 6.53. The van der Waals surface area contributed by atoms with E-state index in [4.69, 9.17) is 10.8 Å². The fourth-order valence-electron chi connectivity index (χ4n) is 1.89. The number of benzene rings is 2. The third kappa shape index (κ3) is 3.57. The molecular weight excluding hydrogens is 320 g/mol. The largest absolute Gasteiger partial charge is 0.394 e. The van der Waals surface area contributed by atoms with Gasteiger partial charge in [-0.2, -0.15) is 8.42 Å². The normalized spacial score (nSPS) is 12.7. The lowest BCUT2D eigenvalue weighted by molar-refractivity contribution is -0.148. The van der Waals surface area contributed by atoms with E-state index in [0.717, 1.165) is 11.1 Å². The molecule has 1 amide bonds. The van der Waals surface area contributed by atoms with Gasteiger partial charge in [0.2, 0.25) is 0 Å². The van der Waals surface area contributed by atoms with Crippen LogP contribution >= 0.6 is 0 Å². The van der Waals surface area contributed by atoms with Crippen molar-refractivity contribution >= 4 is 15.9 Å². The average Bonchev–Trinajstić information content (AvgIpc) is 2.60. The molecule has 0 aliphatic rings. The standard InChI is InChI=1S/C15H16N2O5S/c16-14(10-18)15(19)17(20)23(21,22)13-8-6-12(7-9-13)11-4-2-1-3-5-11/h1-9,14,18,20H,10,16H2/t14-/m0/s1. The first-order chi connectivity index (χ1) is 10.9. The number of hydrogen-bond donors (Lipinski definition) is 3. The van der Waals surface area contributed by atoms with E-state index in [2.05, 4.69) is 0 Å². The van der Waals surface area contributed by atoms with Gasteiger partial charge in [-0.05, 0) is 23.3 Å². The minimum atomic E-state index is -4.44. The molecule has 0 spiro atoms. The maximum atomic E-state index is 12.2. The predicted octanol–water partition coefficient (Wildman–Crippen LogP) is 0.580. The molecule has 0 fully saturated rings. The van der Waals surface area contributed by atoms with Crippen LogP contribution in [0.5, 0.6) is 0 Å². The van der Waals surface area contributed by atoms with Crippen molar-refractivity contribution in [2.75, 3.05) is 6.61 Å². The molecule has 0 heterocycles. The topological polar surface area (TPSA) is 121 Å². The van der Waals surface area contributed by atoms with Crippen LogP contribution in [-0.2, 0) is 14.8 Å². The number of amides is 1. The Morgan fingerprint density at radius 2 is 1.57 bits per heavy atom. The van der Waals surface area contributed by atoms with Gasteiger partial charge >= 0.3 is 0 Å². The van der Waals surface area contributed by atoms with Crippen LogP contribution in [0.3, 0.4) is 0 Å². The van der Waals surface area contributed by atoms with Gasteiger partial charge in [0.05, 0.1) is 11.5 Å². The SMILES string of the molecule is N[C@@H](CO)C(=O)N(O)S(=O)(=O)c1ccc(-c2ccccc2)cc1. The molecule has 0 radical (unpaired) electrons. The first-order valence-corrected chi connectivity index (χ1v) is 8.12. The number of carbonyl (C=O) groups is 1. The quantitative estimate of drug-likeness (QED) is 0.542. The summed E-state index contributed by atoms with van der Waals surface area (Å²) in [6.07, 6.45) is 0. The van der Waals surface area contributed by atoms with Crippen molar-refractivity contribution in [1.82, 2.24) is 4.47 Å². The summed E-state index contributed by atoms with van der Waals surface area (Å²) in [4.78, 5) is 11.3. The van der Waals surface area contributed by atoms with E-state index in [1.807, 2.05) is 30.3 Å². The number of hydrogen-bond acceptors (Lipinski definition) is 6. The minimum absolute atomic E-state index is 0.266. The summed E-state index contributed by atoms with van der Waals surface area (Å²) in [5.74, 6) is -1.31. The Bertz CT molecular complexity index is 775. The Morgan fingerprint density at radius 3 is 2.09 bits per heavy atom. The molecule has 0 aliphatic heterocycles. The Balaban J connectivity index is 2.29. The molecule has 1 atom stereocenters. The molecule has 0 unspecified atom stereocenters. The number of carbonyl (C=O) groups excluding carboxylic acids is 1. The lowest BCUT2D eigenvalue weighted by atomic mass is 10.1. The van der Waals surface area contributed by atoms with E-state index in [0.29, 0.717) is 0 Å². The molecule has 2 aromatic rings. The summed E-state index contributed by atoms with van der Waals surface area (Å²) in [5.41, 5.74) is 6.91. The highest BCUT2D eigenvalue weighted by Gasteiger charge is 2.31. The molecule has 0 aliphatic carbocycles. The molecule has 0 bridgehead atoms. The van der Waals surface area contributed by atoms with E-state index in [9.17, 15) is 18.4 Å². The van der Waals surface area contributed by atoms with Crippen LogP contribution < -0.4 is 5.73 Å². The van der Waals surface area contributed by atoms with Crippen LogP contribution in [0.1, 0.15) is 0 Å². The van der Waals surface area contributed by atoms with Crippen LogP contribution in [0.2, 0.25) is 0 Å². The summed E-state index contributed by atoms with van der Waals surface area (Å²) < 4.78 is 23.9. The second kappa shape index (κ2) is 6.88. The van der Waals surface area contributed by atoms with E-state index in [1.54, 1.807) is 12.1 Å². The van der Waals surface area contributed by atoms with Crippen molar-refractivity contribution in [3.05, 3.63) is 54.6 Å². The zero-order valence-corrected chi connectivity index (χ0v) is 12.8. The summed E-state index contributed by atoms with van der Waals surface area (Å²) in [6, 6.07) is 13.5. The third-order valence-electron chi connectivity index (χ3n) is 3.19. The number of aliphatic hydroxyl groups excluding tert-OH is 1. The van der Waals surface area contributed by atoms with Gasteiger partial charge in [-0.15, -0.1) is 4.47 Å². The van der Waals surface area contributed by atoms with Crippen molar-refractivity contribution in [3.63, 3.8) is 0 Å². The van der Waals surface area contributed by atoms with Crippen LogP contribution in [0.4, 0.5) is 0 Å². The van der Waals surface area contributed by atoms with E-state index < -0.39 is 33.0 Å². The molecule has 4 N–H and O–H groups in total. The average molecular weight is 336 g/mol. The molecule has 0 saturated heterocycles. The summed E-state index contributed by atoms with van der Waals surface area (Å²) in [6.45, 7) is -0.779. The first kappa shape index (κ1) is 17.1. The van der Waals surface area contributed by atoms with E-state index >= 15 is 0 Å². The number of aliphatic hydroxyl groups is 1. The molecule has 7 nitrogen and oxygen atoms in total. The number of sulfonamides is 1. The fourth-order valence-corrected chi connectivity index (χ4v) is 2.94. The molecule has 122 valence electrons. The Kier molecular flexibility index (Phi) is 5.12. The summed E-state index contributed by atoms with van der Waals surface area (Å²) in [5, 5.41) is 18.4. The Labute approximate surface area is 133 Å². The smallest absolute Gasteiger partial charge is 0.289 e. The van der Waals surface area contributed by atoms with Gasteiger partial charge in [0, 0.05) is 0 Å². The Morgan fingerprint density at radius 1 is 1.04 bits per heavy atom. The zero-order valence-electron chi connectivity index (χ0n) is 12.0. The maximum Gasteiger partial charge on any atom is 0.289 e. The summed E-state index contributed by atoms with van der Waals surface area (Å²) >= 11 is 0. The number of hydroxylamine groups is 1. The van der Waals surface area contributed by atoms with Gasteiger partial charge < -0.3 is 10.8 Å². The van der Waals surface area contributed by atoms with E-state index in [1.165, 1.54) is 12.1 Å². The van der Waals surface area contributed by atoms with Crippen molar-refractivity contribution in [3.8, 4) is 11.1 Å². The van der Waals surface area contributed by atoms with Gasteiger partial charge in [-0.25, -0.2) is 0 Å². The highest BCUT2D eigenvalue weighted by molar-refractivity contribution is 7.89. The number of nitrogens with two attached hydrogens (primary N) is 1. The predicted molar refractivity (Wildman–Crippen MR) is 82.8 cm³/mol. The van der Waals surface area contributed by atoms with Crippen LogP contribution in [0.25, 0.3) is 11.1 Å². The monoisotopic (exact) mass is 336 g/mol. The van der Waals surface area contributed by atoms with Crippen molar-refractivity contribution < 1.29 is 23.5 Å². The lowest BCUT2D eigenvalue weighted by Crippen LogP contribution is -2.46. The van der Waals surface area contributed by atoms with Gasteiger partial charge in [0.1, 0.15) is 6.04 Å². The Hall–Kier alpha value is -2.26. The van der Waals surface area contributed by atoms with Gasteiger partial charge in [-0.1, -0.05) is 42.5 Å². The van der Waals surface area contributed by atoms with Crippen LogP contribution in [-0.4, -0.2) is 41.8 Å². The molecule has 2 aromatic carbocycles. The molecule has 2 rings (SSSR count). The molecule has 0 saturated carbocycles. The van der Waals surface area contributed by atoms with Gasteiger partial charge in [-0.3, -0.25) is 10.0 Å². The lowest BCUT2D eigenvalue weighted by Gasteiger charge is -2.18. The van der Waals surface area contributed by atoms with Gasteiger partial charge in [0.15, 0.2) is 0 Å². The molecule has 8 heteroatoms. The van der Waals surface area contributed by atoms with Crippen LogP contribution in [0.15, 0.2) is 59.5 Å². The van der Waals surface area contributed by atoms with Gasteiger partial charge in [0.25, 0.3) is 15.9 Å². The molecule has 23 heavy (non-hydrogen) atoms. The zero-order chi connectivity index (χ0) is 17.0. The number of rotatable bonds is 5. The highest BCUT2D eigenvalue weighted by Crippen LogP contribution is 2.22. The maximum absolute atomic E-state index is 12.2. The first-order valence-electron chi connectivity index (χ1n) is 6.68. The van der Waals surface area contributed by atoms with Crippen molar-refractivity contribution in [1.29, 1.82) is 0 Å². The van der Waals surface area contributed by atoms with Crippen LogP contribution in [0, 0.1) is 0 Å².